The maximum absolute atomic E-state index is 14.2. The van der Waals surface area contributed by atoms with Crippen LogP contribution in [-0.4, -0.2) is 50.3 Å². The third kappa shape index (κ3) is 4.53. The molecule has 14 heteroatoms. The van der Waals surface area contributed by atoms with E-state index in [0.717, 1.165) is 18.5 Å². The molecule has 3 aromatic heterocycles. The third-order valence-electron chi connectivity index (χ3n) is 5.42. The topological polar surface area (TPSA) is 125 Å². The van der Waals surface area contributed by atoms with E-state index >= 15 is 0 Å². The summed E-state index contributed by atoms with van der Waals surface area (Å²) < 4.78 is 69.2. The van der Waals surface area contributed by atoms with E-state index in [1.165, 1.54) is 47.5 Å². The van der Waals surface area contributed by atoms with E-state index in [2.05, 4.69) is 25.7 Å². The molecule has 188 valence electrons. The van der Waals surface area contributed by atoms with E-state index in [1.807, 2.05) is 0 Å². The lowest BCUT2D eigenvalue weighted by Crippen LogP contribution is -2.21. The first kappa shape index (κ1) is 24.1. The van der Waals surface area contributed by atoms with Crippen LogP contribution >= 0.6 is 0 Å². The standard InChI is InChI=1S/C23H16F3N7O3S/c1-37(35,36)20-12-14(7-8-19(20)32-11-10-28-31-32)30-22(34)16-13-29-33(21(16)23(24,25)26)18-6-2-5-17-15(18)4-3-9-27-17/h2-13H,1H3,(H,30,34). The summed E-state index contributed by atoms with van der Waals surface area (Å²) in [6.07, 6.45) is 1.12. The van der Waals surface area contributed by atoms with Crippen molar-refractivity contribution in [3.63, 3.8) is 0 Å². The van der Waals surface area contributed by atoms with E-state index in [9.17, 15) is 26.4 Å². The van der Waals surface area contributed by atoms with Gasteiger partial charge in [-0.3, -0.25) is 9.78 Å². The molecule has 5 rings (SSSR count). The zero-order chi connectivity index (χ0) is 26.4. The van der Waals surface area contributed by atoms with Gasteiger partial charge in [-0.25, -0.2) is 17.8 Å². The van der Waals surface area contributed by atoms with Crippen LogP contribution in [0.4, 0.5) is 18.9 Å². The first-order chi connectivity index (χ1) is 17.5. The molecule has 5 aromatic rings. The molecule has 0 bridgehead atoms. The molecular weight excluding hydrogens is 511 g/mol. The Morgan fingerprint density at radius 3 is 2.54 bits per heavy atom. The number of nitrogens with one attached hydrogen (secondary N) is 1. The Hall–Kier alpha value is -4.59. The van der Waals surface area contributed by atoms with Crippen molar-refractivity contribution in [1.82, 2.24) is 29.8 Å². The van der Waals surface area contributed by atoms with E-state index in [0.29, 0.717) is 15.6 Å². The van der Waals surface area contributed by atoms with Crippen LogP contribution in [0.25, 0.3) is 22.3 Å². The molecule has 2 aromatic carbocycles. The fraction of sp³-hybridized carbons (Fsp3) is 0.0870. The Balaban J connectivity index is 1.57. The van der Waals surface area contributed by atoms with Crippen molar-refractivity contribution in [2.45, 2.75) is 11.1 Å². The van der Waals surface area contributed by atoms with Gasteiger partial charge in [0.25, 0.3) is 5.91 Å². The highest BCUT2D eigenvalue weighted by molar-refractivity contribution is 7.90. The average molecular weight is 527 g/mol. The van der Waals surface area contributed by atoms with Gasteiger partial charge in [-0.15, -0.1) is 5.10 Å². The number of pyridine rings is 1. The summed E-state index contributed by atoms with van der Waals surface area (Å²) >= 11 is 0. The quantitative estimate of drug-likeness (QED) is 0.370. The van der Waals surface area contributed by atoms with Gasteiger partial charge in [0.2, 0.25) is 0 Å². The molecule has 3 heterocycles. The first-order valence-electron chi connectivity index (χ1n) is 10.6. The second-order valence-electron chi connectivity index (χ2n) is 7.92. The summed E-state index contributed by atoms with van der Waals surface area (Å²) in [5.41, 5.74) is -1.36. The van der Waals surface area contributed by atoms with Gasteiger partial charge < -0.3 is 5.32 Å². The maximum Gasteiger partial charge on any atom is 0.434 e. The van der Waals surface area contributed by atoms with Crippen LogP contribution in [0.2, 0.25) is 0 Å². The summed E-state index contributed by atoms with van der Waals surface area (Å²) in [5, 5.41) is 14.0. The normalized spacial score (nSPS) is 12.1. The molecule has 10 nitrogen and oxygen atoms in total. The zero-order valence-electron chi connectivity index (χ0n) is 18.9. The van der Waals surface area contributed by atoms with Crippen molar-refractivity contribution >= 4 is 32.3 Å². The number of benzene rings is 2. The van der Waals surface area contributed by atoms with Crippen LogP contribution in [0, 0.1) is 0 Å². The van der Waals surface area contributed by atoms with Crippen LogP contribution < -0.4 is 5.32 Å². The van der Waals surface area contributed by atoms with Crippen molar-refractivity contribution in [2.75, 3.05) is 11.6 Å². The number of hydrogen-bond acceptors (Lipinski definition) is 7. The molecule has 0 saturated heterocycles. The van der Waals surface area contributed by atoms with E-state index in [-0.39, 0.29) is 22.0 Å². The lowest BCUT2D eigenvalue weighted by atomic mass is 10.1. The number of fused-ring (bicyclic) bond motifs is 1. The second-order valence-corrected chi connectivity index (χ2v) is 9.90. The number of hydrogen-bond donors (Lipinski definition) is 1. The predicted octanol–water partition coefficient (Wildman–Crippen LogP) is 3.68. The Bertz CT molecular complexity index is 1740. The molecule has 0 spiro atoms. The zero-order valence-corrected chi connectivity index (χ0v) is 19.7. The Labute approximate surface area is 207 Å². The monoisotopic (exact) mass is 527 g/mol. The van der Waals surface area contributed by atoms with Gasteiger partial charge in [0.1, 0.15) is 0 Å². The van der Waals surface area contributed by atoms with Crippen LogP contribution in [0.5, 0.6) is 0 Å². The number of aromatic nitrogens is 6. The van der Waals surface area contributed by atoms with Gasteiger partial charge >= 0.3 is 6.18 Å². The van der Waals surface area contributed by atoms with E-state index in [1.54, 1.807) is 18.2 Å². The van der Waals surface area contributed by atoms with Gasteiger partial charge in [0.15, 0.2) is 15.5 Å². The number of carbonyl (C=O) groups is 1. The van der Waals surface area contributed by atoms with Gasteiger partial charge in [0.05, 0.1) is 45.9 Å². The Morgan fingerprint density at radius 2 is 1.84 bits per heavy atom. The second kappa shape index (κ2) is 8.81. The lowest BCUT2D eigenvalue weighted by molar-refractivity contribution is -0.143. The molecule has 0 aliphatic carbocycles. The number of rotatable bonds is 5. The molecule has 0 fully saturated rings. The molecule has 1 N–H and O–H groups in total. The van der Waals surface area contributed by atoms with Crippen LogP contribution in [0.15, 0.2) is 78.2 Å². The summed E-state index contributed by atoms with van der Waals surface area (Å²) in [6, 6.07) is 11.6. The lowest BCUT2D eigenvalue weighted by Gasteiger charge is -2.15. The number of amides is 1. The summed E-state index contributed by atoms with van der Waals surface area (Å²) in [5.74, 6) is -1.12. The third-order valence-corrected chi connectivity index (χ3v) is 6.55. The summed E-state index contributed by atoms with van der Waals surface area (Å²) in [6.45, 7) is 0. The SMILES string of the molecule is CS(=O)(=O)c1cc(NC(=O)c2cnn(-c3cccc4ncccc34)c2C(F)(F)F)ccc1-n1ccnn1. The number of halogens is 3. The molecule has 0 aliphatic rings. The molecule has 1 amide bonds. The number of nitrogens with zero attached hydrogens (tertiary/aromatic N) is 6. The Morgan fingerprint density at radius 1 is 1.03 bits per heavy atom. The van der Waals surface area contributed by atoms with Crippen LogP contribution in [0.1, 0.15) is 16.1 Å². The van der Waals surface area contributed by atoms with Crippen molar-refractivity contribution in [3.8, 4) is 11.4 Å². The van der Waals surface area contributed by atoms with Gasteiger partial charge in [0, 0.05) is 23.5 Å². The fourth-order valence-corrected chi connectivity index (χ4v) is 4.74. The van der Waals surface area contributed by atoms with E-state index < -0.39 is 33.2 Å². The molecule has 0 unspecified atom stereocenters. The fourth-order valence-electron chi connectivity index (χ4n) is 3.86. The number of carbonyl (C=O) groups excluding carboxylic acids is 1. The summed E-state index contributed by atoms with van der Waals surface area (Å²) in [4.78, 5) is 17.0. The van der Waals surface area contributed by atoms with E-state index in [4.69, 9.17) is 0 Å². The van der Waals surface area contributed by atoms with Crippen LogP contribution in [0.3, 0.4) is 0 Å². The predicted molar refractivity (Wildman–Crippen MR) is 126 cm³/mol. The smallest absolute Gasteiger partial charge is 0.322 e. The highest BCUT2D eigenvalue weighted by Gasteiger charge is 2.41. The molecule has 37 heavy (non-hydrogen) atoms. The number of alkyl halides is 3. The molecular formula is C23H16F3N7O3S. The number of sulfone groups is 1. The largest absolute Gasteiger partial charge is 0.434 e. The highest BCUT2D eigenvalue weighted by atomic mass is 32.2. The van der Waals surface area contributed by atoms with Gasteiger partial charge in [-0.1, -0.05) is 11.3 Å². The average Bonchev–Trinajstić information content (AvgIpc) is 3.53. The molecule has 0 radical (unpaired) electrons. The molecule has 0 aliphatic heterocycles. The van der Waals surface area contributed by atoms with Gasteiger partial charge in [-0.2, -0.15) is 18.3 Å². The maximum atomic E-state index is 14.2. The first-order valence-corrected chi connectivity index (χ1v) is 12.4. The number of anilines is 1. The highest BCUT2D eigenvalue weighted by Crippen LogP contribution is 2.35. The van der Waals surface area contributed by atoms with Crippen molar-refractivity contribution in [1.29, 1.82) is 0 Å². The minimum Gasteiger partial charge on any atom is -0.322 e. The van der Waals surface area contributed by atoms with Crippen LogP contribution in [-0.2, 0) is 16.0 Å². The summed E-state index contributed by atoms with van der Waals surface area (Å²) in [7, 11) is -3.81. The minimum absolute atomic E-state index is 0.0375. The van der Waals surface area contributed by atoms with Crippen molar-refractivity contribution in [2.24, 2.45) is 0 Å². The molecule has 0 saturated carbocycles. The molecule has 0 atom stereocenters. The Kier molecular flexibility index (Phi) is 5.75. The van der Waals surface area contributed by atoms with Crippen molar-refractivity contribution < 1.29 is 26.4 Å². The van der Waals surface area contributed by atoms with Gasteiger partial charge in [-0.05, 0) is 42.5 Å². The van der Waals surface area contributed by atoms with Crippen molar-refractivity contribution in [3.05, 3.63) is 84.6 Å². The minimum atomic E-state index is -4.94.